The number of aromatic amines is 2. The van der Waals surface area contributed by atoms with E-state index in [4.69, 9.17) is 11.5 Å². The van der Waals surface area contributed by atoms with Crippen LogP contribution >= 0.6 is 31.9 Å². The first-order valence-corrected chi connectivity index (χ1v) is 11.8. The van der Waals surface area contributed by atoms with Gasteiger partial charge in [0.05, 0.1) is 46.1 Å². The van der Waals surface area contributed by atoms with Crippen molar-refractivity contribution in [1.82, 2.24) is 24.9 Å². The van der Waals surface area contributed by atoms with Crippen molar-refractivity contribution >= 4 is 65.3 Å². The third-order valence-electron chi connectivity index (χ3n) is 4.87. The highest BCUT2D eigenvalue weighted by Gasteiger charge is 2.00. The van der Waals surface area contributed by atoms with Crippen molar-refractivity contribution in [2.75, 3.05) is 11.5 Å². The van der Waals surface area contributed by atoms with E-state index in [1.165, 1.54) is 11.1 Å². The Bertz CT molecular complexity index is 1510. The van der Waals surface area contributed by atoms with Crippen molar-refractivity contribution < 1.29 is 0 Å². The van der Waals surface area contributed by atoms with Gasteiger partial charge >= 0.3 is 0 Å². The summed E-state index contributed by atoms with van der Waals surface area (Å²) in [6.45, 7) is 0. The number of hydrogen-bond acceptors (Lipinski definition) is 5. The smallest absolute Gasteiger partial charge is 0.0931 e. The second-order valence-corrected chi connectivity index (χ2v) is 9.04. The minimum atomic E-state index is 0. The maximum absolute atomic E-state index is 5.47. The molecule has 6 rings (SSSR count). The molecular formula is C29H37Br2N7. The molecule has 7 nitrogen and oxygen atoms in total. The molecule has 0 unspecified atom stereocenters. The molecule has 202 valence electrons. The van der Waals surface area contributed by atoms with Gasteiger partial charge in [-0.3, -0.25) is 4.98 Å². The van der Waals surface area contributed by atoms with Crippen LogP contribution in [0.15, 0.2) is 101 Å². The van der Waals surface area contributed by atoms with Gasteiger partial charge in [0.1, 0.15) is 0 Å². The number of aromatic nitrogens is 5. The van der Waals surface area contributed by atoms with Gasteiger partial charge in [0.25, 0.3) is 0 Å². The molecule has 9 heteroatoms. The van der Waals surface area contributed by atoms with E-state index in [0.29, 0.717) is 11.4 Å². The van der Waals surface area contributed by atoms with Crippen LogP contribution in [0, 0.1) is 0 Å². The molecule has 0 saturated carbocycles. The molecule has 0 radical (unpaired) electrons. The Hall–Kier alpha value is -3.69. The highest BCUT2D eigenvalue weighted by atomic mass is 79.9. The minimum absolute atomic E-state index is 0. The molecule has 3 aromatic heterocycles. The predicted octanol–water partition coefficient (Wildman–Crippen LogP) is 9.11. The number of pyridine rings is 1. The molecule has 0 aliphatic heterocycles. The molecule has 3 aromatic carbocycles. The lowest BCUT2D eigenvalue weighted by Crippen LogP contribution is -1.92. The van der Waals surface area contributed by atoms with Crippen LogP contribution in [0.4, 0.5) is 11.4 Å². The lowest BCUT2D eigenvalue weighted by molar-refractivity contribution is 1.33. The van der Waals surface area contributed by atoms with E-state index in [1.807, 2.05) is 42.5 Å². The maximum atomic E-state index is 5.47. The van der Waals surface area contributed by atoms with E-state index in [0.717, 1.165) is 31.0 Å². The molecule has 0 aliphatic rings. The Labute approximate surface area is 242 Å². The topological polar surface area (TPSA) is 122 Å². The van der Waals surface area contributed by atoms with Crippen LogP contribution in [0.2, 0.25) is 0 Å². The van der Waals surface area contributed by atoms with Gasteiger partial charge in [-0.25, -0.2) is 9.97 Å². The summed E-state index contributed by atoms with van der Waals surface area (Å²) in [5.41, 5.74) is 18.6. The van der Waals surface area contributed by atoms with Crippen LogP contribution in [-0.4, -0.2) is 24.9 Å². The molecule has 6 aromatic rings. The highest BCUT2D eigenvalue weighted by Crippen LogP contribution is 2.22. The Morgan fingerprint density at radius 1 is 0.553 bits per heavy atom. The largest absolute Gasteiger partial charge is 0.397 e. The molecular weight excluding hydrogens is 606 g/mol. The quantitative estimate of drug-likeness (QED) is 0.133. The fourth-order valence-corrected chi connectivity index (χ4v) is 3.85. The number of rotatable bonds is 1. The second kappa shape index (κ2) is 16.2. The summed E-state index contributed by atoms with van der Waals surface area (Å²) in [7, 11) is 0. The number of nitrogens with one attached hydrogen (secondary N) is 2. The Morgan fingerprint density at radius 2 is 1.08 bits per heavy atom. The Kier molecular flexibility index (Phi) is 14.6. The number of nitrogens with zero attached hydrogens (tertiary/aromatic N) is 3. The molecule has 0 aliphatic carbocycles. The zero-order valence-corrected chi connectivity index (χ0v) is 21.1. The summed E-state index contributed by atoms with van der Waals surface area (Å²) in [5.74, 6) is 0. The summed E-state index contributed by atoms with van der Waals surface area (Å²) >= 11 is 6.63. The Morgan fingerprint density at radius 3 is 1.66 bits per heavy atom. The minimum Gasteiger partial charge on any atom is -0.397 e. The standard InChI is InChI=1S/C12H9N3.C7H5BrN2.C6H7BrN2.4CH4/c1-2-11-12(15-8-14-11)7-10(1)9-3-5-13-6-4-9;8-5-1-2-6-7(3-5)10-4-9-6;7-4-1-2-5(8)6(9)3-4;;;;/h1-8H,(H,14,15);1-4H,(H,9,10);1-3H,8-9H2;4*1H4. The SMILES string of the molecule is Brc1ccc2nc[nH]c2c1.C.C.C.C.Nc1ccc(Br)cc1N.c1cc(-c2ccc3nc[nH]c3c2)ccn1. The third kappa shape index (κ3) is 9.00. The molecule has 0 spiro atoms. The summed E-state index contributed by atoms with van der Waals surface area (Å²) in [6, 6.07) is 21.5. The van der Waals surface area contributed by atoms with Gasteiger partial charge in [-0.1, -0.05) is 67.6 Å². The fourth-order valence-electron chi connectivity index (χ4n) is 3.11. The van der Waals surface area contributed by atoms with E-state index in [1.54, 1.807) is 37.2 Å². The average molecular weight is 643 g/mol. The molecule has 0 bridgehead atoms. The van der Waals surface area contributed by atoms with Crippen LogP contribution < -0.4 is 11.5 Å². The van der Waals surface area contributed by atoms with Crippen molar-refractivity contribution in [2.45, 2.75) is 29.7 Å². The first-order valence-electron chi connectivity index (χ1n) is 10.2. The predicted molar refractivity (Wildman–Crippen MR) is 173 cm³/mol. The van der Waals surface area contributed by atoms with Gasteiger partial charge in [-0.15, -0.1) is 0 Å². The van der Waals surface area contributed by atoms with Crippen LogP contribution in [0.25, 0.3) is 33.2 Å². The van der Waals surface area contributed by atoms with Crippen LogP contribution in [0.1, 0.15) is 29.7 Å². The molecule has 0 amide bonds. The second-order valence-electron chi connectivity index (χ2n) is 7.21. The summed E-state index contributed by atoms with van der Waals surface area (Å²) < 4.78 is 2.03. The van der Waals surface area contributed by atoms with Gasteiger partial charge in [-0.2, -0.15) is 0 Å². The fraction of sp³-hybridized carbons (Fsp3) is 0.138. The number of nitrogen functional groups attached to an aromatic ring is 2. The van der Waals surface area contributed by atoms with Crippen LogP contribution in [-0.2, 0) is 0 Å². The number of halogens is 2. The van der Waals surface area contributed by atoms with E-state index in [2.05, 4.69) is 68.9 Å². The number of fused-ring (bicyclic) bond motifs is 2. The van der Waals surface area contributed by atoms with Crippen LogP contribution in [0.3, 0.4) is 0 Å². The molecule has 38 heavy (non-hydrogen) atoms. The molecule has 6 N–H and O–H groups in total. The van der Waals surface area contributed by atoms with Gasteiger partial charge in [-0.05, 0) is 71.8 Å². The van der Waals surface area contributed by atoms with Crippen molar-refractivity contribution in [3.05, 3.63) is 101 Å². The average Bonchev–Trinajstić information content (AvgIpc) is 3.51. The number of imidazole rings is 2. The molecule has 3 heterocycles. The Balaban J connectivity index is 0.000000534. The first kappa shape index (κ1) is 34.3. The number of hydrogen-bond donors (Lipinski definition) is 4. The van der Waals surface area contributed by atoms with Gasteiger partial charge in [0.2, 0.25) is 0 Å². The van der Waals surface area contributed by atoms with E-state index < -0.39 is 0 Å². The van der Waals surface area contributed by atoms with Crippen molar-refractivity contribution in [3.63, 3.8) is 0 Å². The van der Waals surface area contributed by atoms with Gasteiger partial charge in [0.15, 0.2) is 0 Å². The van der Waals surface area contributed by atoms with Gasteiger partial charge in [0, 0.05) is 21.3 Å². The van der Waals surface area contributed by atoms with Crippen molar-refractivity contribution in [2.24, 2.45) is 0 Å². The number of nitrogens with two attached hydrogens (primary N) is 2. The van der Waals surface area contributed by atoms with E-state index >= 15 is 0 Å². The zero-order chi connectivity index (χ0) is 23.9. The highest BCUT2D eigenvalue weighted by molar-refractivity contribution is 9.10. The summed E-state index contributed by atoms with van der Waals surface area (Å²) in [6.07, 6.45) is 7.00. The van der Waals surface area contributed by atoms with E-state index in [9.17, 15) is 0 Å². The number of benzene rings is 3. The lowest BCUT2D eigenvalue weighted by Gasteiger charge is -2.00. The zero-order valence-electron chi connectivity index (χ0n) is 17.9. The summed E-state index contributed by atoms with van der Waals surface area (Å²) in [5, 5.41) is 0. The van der Waals surface area contributed by atoms with Gasteiger partial charge < -0.3 is 21.4 Å². The third-order valence-corrected chi connectivity index (χ3v) is 5.85. The number of anilines is 2. The monoisotopic (exact) mass is 641 g/mol. The van der Waals surface area contributed by atoms with Crippen molar-refractivity contribution in [1.29, 1.82) is 0 Å². The first-order chi connectivity index (χ1) is 16.5. The molecule has 0 fully saturated rings. The van der Waals surface area contributed by atoms with E-state index in [-0.39, 0.29) is 29.7 Å². The summed E-state index contributed by atoms with van der Waals surface area (Å²) in [4.78, 5) is 18.4. The van der Waals surface area contributed by atoms with Crippen molar-refractivity contribution in [3.8, 4) is 11.1 Å². The molecule has 0 saturated heterocycles. The lowest BCUT2D eigenvalue weighted by atomic mass is 10.1. The van der Waals surface area contributed by atoms with Crippen LogP contribution in [0.5, 0.6) is 0 Å². The maximum Gasteiger partial charge on any atom is 0.0931 e. The number of H-pyrrole nitrogens is 2. The molecule has 0 atom stereocenters. The normalized spacial score (nSPS) is 9.21.